The summed E-state index contributed by atoms with van der Waals surface area (Å²) < 4.78 is 8.80. The van der Waals surface area contributed by atoms with Gasteiger partial charge in [-0.15, -0.1) is 0 Å². The first kappa shape index (κ1) is 8.85. The van der Waals surface area contributed by atoms with Crippen molar-refractivity contribution in [2.24, 2.45) is 0 Å². The van der Waals surface area contributed by atoms with Crippen molar-refractivity contribution in [1.82, 2.24) is 0 Å². The minimum atomic E-state index is -1.28. The molecule has 0 N–H and O–H groups in total. The van der Waals surface area contributed by atoms with Crippen molar-refractivity contribution >= 4 is 20.2 Å². The molecule has 2 heteroatoms. The molecule has 1 atom stereocenters. The molecule has 0 bridgehead atoms. The molecule has 1 aliphatic rings. The van der Waals surface area contributed by atoms with E-state index in [9.17, 15) is 0 Å². The van der Waals surface area contributed by atoms with Gasteiger partial charge in [0.25, 0.3) is 0 Å². The van der Waals surface area contributed by atoms with E-state index in [-0.39, 0.29) is 0 Å². The Labute approximate surface area is 71.4 Å². The van der Waals surface area contributed by atoms with Crippen molar-refractivity contribution in [2.75, 3.05) is 6.61 Å². The zero-order valence-corrected chi connectivity index (χ0v) is 10.2. The van der Waals surface area contributed by atoms with Gasteiger partial charge in [-0.3, -0.25) is 0 Å². The maximum absolute atomic E-state index is 5.79. The fraction of sp³-hybridized carbons (Fsp3) is 1.00. The second kappa shape index (κ2) is 5.41. The quantitative estimate of drug-likeness (QED) is 0.697. The van der Waals surface area contributed by atoms with Crippen LogP contribution >= 0.6 is 0 Å². The molecule has 0 spiro atoms. The summed E-state index contributed by atoms with van der Waals surface area (Å²) in [6.07, 6.45) is 5.60. The van der Waals surface area contributed by atoms with E-state index < -0.39 is 20.2 Å². The fourth-order valence-corrected chi connectivity index (χ4v) is 9.26. The standard InChI is InChI=1S/C4H8O.C4H9.Sn.H/c1-2-3-4-5;1-3-4-2;;/h1-4H2;1,3-4H2,2H3;;/q-1;;+1;. The molecule has 0 aromatic heterocycles. The molecular weight excluding hydrogens is 231 g/mol. The van der Waals surface area contributed by atoms with Crippen LogP contribution in [0.5, 0.6) is 0 Å². The van der Waals surface area contributed by atoms with Gasteiger partial charge in [0, 0.05) is 0 Å². The van der Waals surface area contributed by atoms with Crippen LogP contribution in [0.25, 0.3) is 0 Å². The molecule has 1 nitrogen and oxygen atoms in total. The van der Waals surface area contributed by atoms with E-state index in [1.165, 1.54) is 34.6 Å². The van der Waals surface area contributed by atoms with Crippen LogP contribution in [0.3, 0.4) is 0 Å². The van der Waals surface area contributed by atoms with Crippen LogP contribution in [0.15, 0.2) is 0 Å². The number of unbranched alkanes of at least 4 members (excludes halogenated alkanes) is 1. The Morgan fingerprint density at radius 2 is 2.30 bits per heavy atom. The second-order valence-corrected chi connectivity index (χ2v) is 10.9. The molecule has 0 aromatic carbocycles. The van der Waals surface area contributed by atoms with Gasteiger partial charge in [-0.1, -0.05) is 0 Å². The van der Waals surface area contributed by atoms with Gasteiger partial charge in [-0.05, 0) is 0 Å². The Kier molecular flexibility index (Phi) is 4.79. The van der Waals surface area contributed by atoms with Gasteiger partial charge >= 0.3 is 71.3 Å². The van der Waals surface area contributed by atoms with Gasteiger partial charge < -0.3 is 0 Å². The van der Waals surface area contributed by atoms with Crippen molar-refractivity contribution in [3.63, 3.8) is 0 Å². The third-order valence-electron chi connectivity index (χ3n) is 2.15. The number of hydrogen-bond donors (Lipinski definition) is 0. The Morgan fingerprint density at radius 3 is 2.90 bits per heavy atom. The average Bonchev–Trinajstić information content (AvgIpc) is 2.03. The zero-order valence-electron chi connectivity index (χ0n) is 6.94. The summed E-state index contributed by atoms with van der Waals surface area (Å²) in [6.45, 7) is 3.37. The van der Waals surface area contributed by atoms with E-state index in [0.717, 1.165) is 6.61 Å². The molecule has 0 radical (unpaired) electrons. The molecule has 0 amide bonds. The third-order valence-corrected chi connectivity index (χ3v) is 10.2. The van der Waals surface area contributed by atoms with Crippen LogP contribution in [-0.2, 0) is 3.07 Å². The van der Waals surface area contributed by atoms with Crippen LogP contribution in [0.1, 0.15) is 32.6 Å². The van der Waals surface area contributed by atoms with Crippen LogP contribution in [0.4, 0.5) is 0 Å². The van der Waals surface area contributed by atoms with E-state index in [0.29, 0.717) is 0 Å². The molecule has 1 rings (SSSR count). The fourth-order valence-electron chi connectivity index (χ4n) is 1.47. The van der Waals surface area contributed by atoms with Crippen LogP contribution in [0.2, 0.25) is 8.87 Å². The second-order valence-electron chi connectivity index (χ2n) is 3.13. The monoisotopic (exact) mass is 250 g/mol. The third kappa shape index (κ3) is 3.24. The molecular formula is C8H18OSn. The first-order chi connectivity index (χ1) is 4.93. The number of rotatable bonds is 3. The van der Waals surface area contributed by atoms with Crippen LogP contribution in [0, 0.1) is 0 Å². The van der Waals surface area contributed by atoms with Gasteiger partial charge in [0.05, 0.1) is 0 Å². The van der Waals surface area contributed by atoms with Gasteiger partial charge in [0.1, 0.15) is 0 Å². The zero-order chi connectivity index (χ0) is 7.23. The van der Waals surface area contributed by atoms with Crippen molar-refractivity contribution in [2.45, 2.75) is 41.5 Å². The predicted molar refractivity (Wildman–Crippen MR) is 46.9 cm³/mol. The average molecular weight is 249 g/mol. The van der Waals surface area contributed by atoms with Gasteiger partial charge in [0.2, 0.25) is 0 Å². The molecule has 0 aliphatic carbocycles. The topological polar surface area (TPSA) is 9.23 Å². The van der Waals surface area contributed by atoms with Crippen molar-refractivity contribution in [3.05, 3.63) is 0 Å². The first-order valence-electron chi connectivity index (χ1n) is 4.55. The maximum atomic E-state index is 5.79. The van der Waals surface area contributed by atoms with Gasteiger partial charge in [-0.2, -0.15) is 0 Å². The molecule has 1 unspecified atom stereocenters. The van der Waals surface area contributed by atoms with E-state index in [4.69, 9.17) is 3.07 Å². The van der Waals surface area contributed by atoms with Gasteiger partial charge in [-0.25, -0.2) is 0 Å². The van der Waals surface area contributed by atoms with Crippen molar-refractivity contribution in [3.8, 4) is 0 Å². The molecule has 1 heterocycles. The van der Waals surface area contributed by atoms with E-state index in [1.54, 1.807) is 0 Å². The predicted octanol–water partition coefficient (Wildman–Crippen LogP) is 2.32. The summed E-state index contributed by atoms with van der Waals surface area (Å²) >= 11 is -1.28. The number of hydrogen-bond acceptors (Lipinski definition) is 1. The summed E-state index contributed by atoms with van der Waals surface area (Å²) in [5, 5.41) is 0. The summed E-state index contributed by atoms with van der Waals surface area (Å²) in [7, 11) is 0. The molecule has 0 saturated carbocycles. The summed E-state index contributed by atoms with van der Waals surface area (Å²) in [5.41, 5.74) is 0. The van der Waals surface area contributed by atoms with Crippen LogP contribution in [-0.4, -0.2) is 26.8 Å². The first-order valence-corrected chi connectivity index (χ1v) is 10.6. The normalized spacial score (nSPS) is 26.7. The van der Waals surface area contributed by atoms with Gasteiger partial charge in [0.15, 0.2) is 0 Å². The molecule has 1 saturated heterocycles. The van der Waals surface area contributed by atoms with E-state index in [1.807, 2.05) is 0 Å². The Morgan fingerprint density at radius 1 is 1.40 bits per heavy atom. The Balaban J connectivity index is 2.02. The minimum absolute atomic E-state index is 1.10. The van der Waals surface area contributed by atoms with E-state index in [2.05, 4.69) is 6.92 Å². The summed E-state index contributed by atoms with van der Waals surface area (Å²) in [4.78, 5) is 0. The summed E-state index contributed by atoms with van der Waals surface area (Å²) in [6, 6.07) is 0. The molecule has 1 aliphatic heterocycles. The molecule has 60 valence electrons. The van der Waals surface area contributed by atoms with E-state index >= 15 is 0 Å². The van der Waals surface area contributed by atoms with Crippen molar-refractivity contribution < 1.29 is 3.07 Å². The van der Waals surface area contributed by atoms with Crippen LogP contribution < -0.4 is 0 Å². The molecule has 1 fully saturated rings. The SMILES string of the molecule is CCC[CH2][SnH]1[CH2]CCC[O]1. The van der Waals surface area contributed by atoms with Crippen molar-refractivity contribution in [1.29, 1.82) is 0 Å². The molecule has 0 aromatic rings. The Hall–Kier alpha value is 0.759. The molecule has 10 heavy (non-hydrogen) atoms. The Bertz CT molecular complexity index is 79.3. The summed E-state index contributed by atoms with van der Waals surface area (Å²) in [5.74, 6) is 0.